The zero-order valence-electron chi connectivity index (χ0n) is 14.2. The Labute approximate surface area is 142 Å². The van der Waals surface area contributed by atoms with Gasteiger partial charge in [0, 0.05) is 23.7 Å². The minimum Gasteiger partial charge on any atom is -0.496 e. The number of nitrogens with one attached hydrogen (secondary N) is 1. The Morgan fingerprint density at radius 1 is 1.29 bits per heavy atom. The molecule has 0 atom stereocenters. The topological polar surface area (TPSA) is 38.3 Å². The van der Waals surface area contributed by atoms with Gasteiger partial charge in [0.05, 0.1) is 12.8 Å². The van der Waals surface area contributed by atoms with Gasteiger partial charge in [-0.2, -0.15) is 0 Å². The quantitative estimate of drug-likeness (QED) is 0.587. The predicted octanol–water partition coefficient (Wildman–Crippen LogP) is 4.79. The molecule has 0 heterocycles. The summed E-state index contributed by atoms with van der Waals surface area (Å²) in [5.41, 5.74) is 3.62. The van der Waals surface area contributed by atoms with Gasteiger partial charge in [-0.15, -0.1) is 0 Å². The van der Waals surface area contributed by atoms with E-state index in [4.69, 9.17) is 4.74 Å². The summed E-state index contributed by atoms with van der Waals surface area (Å²) in [6.07, 6.45) is 0.653. The summed E-state index contributed by atoms with van der Waals surface area (Å²) in [5.74, 6) is 0.471. The molecule has 126 valence electrons. The second-order valence-corrected chi connectivity index (χ2v) is 5.94. The van der Waals surface area contributed by atoms with Gasteiger partial charge in [-0.05, 0) is 23.1 Å². The van der Waals surface area contributed by atoms with E-state index in [1.165, 1.54) is 18.7 Å². The Balaban J connectivity index is 2.39. The summed E-state index contributed by atoms with van der Waals surface area (Å²) in [6.45, 7) is 8.04. The lowest BCUT2D eigenvalue weighted by molar-refractivity contribution is -0.104. The highest BCUT2D eigenvalue weighted by molar-refractivity contribution is 5.77. The van der Waals surface area contributed by atoms with Gasteiger partial charge < -0.3 is 10.1 Å². The van der Waals surface area contributed by atoms with Crippen LogP contribution in [0, 0.1) is 5.82 Å². The van der Waals surface area contributed by atoms with E-state index in [0.29, 0.717) is 29.2 Å². The van der Waals surface area contributed by atoms with Crippen LogP contribution in [0.15, 0.2) is 48.6 Å². The van der Waals surface area contributed by atoms with Crippen LogP contribution in [-0.4, -0.2) is 19.9 Å². The normalized spacial score (nSPS) is 10.5. The molecule has 2 rings (SSSR count). The Morgan fingerprint density at radius 3 is 2.50 bits per heavy atom. The molecule has 24 heavy (non-hydrogen) atoms. The van der Waals surface area contributed by atoms with Gasteiger partial charge in [-0.3, -0.25) is 4.79 Å². The molecule has 0 spiro atoms. The fraction of sp³-hybridized carbons (Fsp3) is 0.250. The highest BCUT2D eigenvalue weighted by Gasteiger charge is 2.13. The molecule has 0 aliphatic rings. The van der Waals surface area contributed by atoms with E-state index < -0.39 is 5.82 Å². The van der Waals surface area contributed by atoms with Crippen molar-refractivity contribution < 1.29 is 13.9 Å². The number of carbonyl (C=O) groups excluding carboxylic acids is 1. The van der Waals surface area contributed by atoms with E-state index >= 15 is 0 Å². The number of anilines is 1. The van der Waals surface area contributed by atoms with Crippen LogP contribution < -0.4 is 10.1 Å². The number of carbonyl (C=O) groups is 1. The largest absolute Gasteiger partial charge is 0.496 e. The van der Waals surface area contributed by atoms with Gasteiger partial charge in [0.25, 0.3) is 0 Å². The van der Waals surface area contributed by atoms with Crippen molar-refractivity contribution in [2.24, 2.45) is 0 Å². The van der Waals surface area contributed by atoms with Crippen LogP contribution in [0.3, 0.4) is 0 Å². The Morgan fingerprint density at radius 2 is 1.96 bits per heavy atom. The first kappa shape index (κ1) is 17.7. The van der Waals surface area contributed by atoms with Gasteiger partial charge in [0.1, 0.15) is 17.9 Å². The van der Waals surface area contributed by atoms with Crippen molar-refractivity contribution in [2.45, 2.75) is 19.8 Å². The maximum atomic E-state index is 14.2. The molecule has 0 amide bonds. The van der Waals surface area contributed by atoms with Gasteiger partial charge in [-0.25, -0.2) is 4.39 Å². The van der Waals surface area contributed by atoms with E-state index in [-0.39, 0.29) is 6.54 Å². The molecule has 2 aromatic rings. The smallest absolute Gasteiger partial charge is 0.150 e. The van der Waals surface area contributed by atoms with Crippen molar-refractivity contribution in [1.29, 1.82) is 0 Å². The highest BCUT2D eigenvalue weighted by Crippen LogP contribution is 2.35. The maximum Gasteiger partial charge on any atom is 0.150 e. The molecule has 0 aromatic heterocycles. The Hall–Kier alpha value is -2.62. The van der Waals surface area contributed by atoms with Crippen LogP contribution in [0.2, 0.25) is 0 Å². The van der Waals surface area contributed by atoms with Crippen molar-refractivity contribution in [3.05, 3.63) is 59.9 Å². The molecule has 0 unspecified atom stereocenters. The average molecular weight is 327 g/mol. The standard InChI is InChI=1S/C20H22FNO2/c1-13(2)15-5-7-16(8-6-15)17-9-19(22-11-14(3)12-23)18(21)10-20(17)24-4/h5-10,12-13,22H,3,11H2,1-2,4H3. The fourth-order valence-electron chi connectivity index (χ4n) is 2.38. The minimum absolute atomic E-state index is 0.193. The molecule has 0 radical (unpaired) electrons. The van der Waals surface area contributed by atoms with Crippen LogP contribution in [0.1, 0.15) is 25.3 Å². The number of aldehydes is 1. The van der Waals surface area contributed by atoms with Crippen molar-refractivity contribution >= 4 is 12.0 Å². The molecular weight excluding hydrogens is 305 g/mol. The highest BCUT2D eigenvalue weighted by atomic mass is 19.1. The summed E-state index contributed by atoms with van der Waals surface area (Å²) < 4.78 is 19.5. The molecule has 0 bridgehead atoms. The van der Waals surface area contributed by atoms with Crippen LogP contribution in [0.4, 0.5) is 10.1 Å². The van der Waals surface area contributed by atoms with Gasteiger partial charge in [0.2, 0.25) is 0 Å². The van der Waals surface area contributed by atoms with E-state index in [1.807, 2.05) is 12.1 Å². The maximum absolute atomic E-state index is 14.2. The molecule has 2 aromatic carbocycles. The molecule has 3 nitrogen and oxygen atoms in total. The Kier molecular flexibility index (Phi) is 5.74. The molecule has 0 fully saturated rings. The number of halogens is 1. The third-order valence-electron chi connectivity index (χ3n) is 3.85. The SMILES string of the molecule is C=C(C=O)CNc1cc(-c2ccc(C(C)C)cc2)c(OC)cc1F. The third kappa shape index (κ3) is 4.02. The van der Waals surface area contributed by atoms with Crippen LogP contribution in [0.5, 0.6) is 5.75 Å². The summed E-state index contributed by atoms with van der Waals surface area (Å²) in [4.78, 5) is 10.6. The monoisotopic (exact) mass is 327 g/mol. The number of hydrogen-bond acceptors (Lipinski definition) is 3. The molecule has 0 saturated carbocycles. The van der Waals surface area contributed by atoms with E-state index in [1.54, 1.807) is 6.07 Å². The summed E-state index contributed by atoms with van der Waals surface area (Å²) in [7, 11) is 1.52. The zero-order chi connectivity index (χ0) is 17.7. The molecule has 4 heteroatoms. The van der Waals surface area contributed by atoms with Gasteiger partial charge >= 0.3 is 0 Å². The lowest BCUT2D eigenvalue weighted by Crippen LogP contribution is -2.07. The van der Waals surface area contributed by atoms with E-state index in [2.05, 4.69) is 37.9 Å². The van der Waals surface area contributed by atoms with Crippen LogP contribution in [0.25, 0.3) is 11.1 Å². The third-order valence-corrected chi connectivity index (χ3v) is 3.85. The number of ether oxygens (including phenoxy) is 1. The second kappa shape index (κ2) is 7.77. The summed E-state index contributed by atoms with van der Waals surface area (Å²) in [5, 5.41) is 2.89. The minimum atomic E-state index is -0.437. The zero-order valence-corrected chi connectivity index (χ0v) is 14.2. The van der Waals surface area contributed by atoms with Crippen LogP contribution >= 0.6 is 0 Å². The Bertz CT molecular complexity index is 736. The number of rotatable bonds is 7. The fourth-order valence-corrected chi connectivity index (χ4v) is 2.38. The summed E-state index contributed by atoms with van der Waals surface area (Å²) >= 11 is 0. The van der Waals surface area contributed by atoms with Crippen molar-refractivity contribution in [3.8, 4) is 16.9 Å². The lowest BCUT2D eigenvalue weighted by Gasteiger charge is -2.14. The van der Waals surface area contributed by atoms with Crippen molar-refractivity contribution in [3.63, 3.8) is 0 Å². The first-order valence-electron chi connectivity index (χ1n) is 7.81. The number of benzene rings is 2. The first-order chi connectivity index (χ1) is 11.5. The van der Waals surface area contributed by atoms with Gasteiger partial charge in [0.15, 0.2) is 0 Å². The molecule has 0 aliphatic heterocycles. The second-order valence-electron chi connectivity index (χ2n) is 5.94. The van der Waals surface area contributed by atoms with E-state index in [0.717, 1.165) is 11.1 Å². The molecule has 0 aliphatic carbocycles. The van der Waals surface area contributed by atoms with Crippen LogP contribution in [-0.2, 0) is 4.79 Å². The number of methoxy groups -OCH3 is 1. The van der Waals surface area contributed by atoms with E-state index in [9.17, 15) is 9.18 Å². The summed E-state index contributed by atoms with van der Waals surface area (Å²) in [6, 6.07) is 11.2. The van der Waals surface area contributed by atoms with Crippen molar-refractivity contribution in [2.75, 3.05) is 19.0 Å². The average Bonchev–Trinajstić information content (AvgIpc) is 2.60. The van der Waals surface area contributed by atoms with Gasteiger partial charge in [-0.1, -0.05) is 44.7 Å². The van der Waals surface area contributed by atoms with Crippen molar-refractivity contribution in [1.82, 2.24) is 0 Å². The molecule has 0 saturated heterocycles. The lowest BCUT2D eigenvalue weighted by atomic mass is 9.98. The predicted molar refractivity (Wildman–Crippen MR) is 96.2 cm³/mol. The molecular formula is C20H22FNO2. The first-order valence-corrected chi connectivity index (χ1v) is 7.81. The molecule has 1 N–H and O–H groups in total. The number of hydrogen-bond donors (Lipinski definition) is 1.